The number of amides is 1. The number of nitrogens with one attached hydrogen (secondary N) is 1. The van der Waals surface area contributed by atoms with Crippen molar-refractivity contribution < 1.29 is 23.8 Å². The molecule has 1 amide bonds. The van der Waals surface area contributed by atoms with Gasteiger partial charge >= 0.3 is 5.97 Å². The van der Waals surface area contributed by atoms with Crippen molar-refractivity contribution in [3.8, 4) is 11.5 Å². The van der Waals surface area contributed by atoms with Crippen molar-refractivity contribution in [3.63, 3.8) is 0 Å². The maximum Gasteiger partial charge on any atom is 0.331 e. The summed E-state index contributed by atoms with van der Waals surface area (Å²) in [5, 5.41) is 2.91. The summed E-state index contributed by atoms with van der Waals surface area (Å²) in [6, 6.07) is 5.34. The summed E-state index contributed by atoms with van der Waals surface area (Å²) >= 11 is 0. The fraction of sp³-hybridized carbons (Fsp3) is 0.556. The molecule has 1 fully saturated rings. The molecule has 0 aliphatic heterocycles. The average Bonchev–Trinajstić information content (AvgIpc) is 2.61. The Labute approximate surface area is 142 Å². The molecular weight excluding hydrogens is 310 g/mol. The van der Waals surface area contributed by atoms with Crippen LogP contribution >= 0.6 is 0 Å². The second-order valence-electron chi connectivity index (χ2n) is 6.05. The third kappa shape index (κ3) is 3.99. The van der Waals surface area contributed by atoms with Crippen LogP contribution in [0.2, 0.25) is 0 Å². The highest BCUT2D eigenvalue weighted by atomic mass is 16.5. The molecule has 1 aliphatic carbocycles. The molecule has 1 N–H and O–H groups in total. The zero-order valence-corrected chi connectivity index (χ0v) is 14.5. The number of rotatable bonds is 6. The van der Waals surface area contributed by atoms with Gasteiger partial charge in [0.2, 0.25) is 5.91 Å². The standard InChI is InChI=1S/C18H25NO5/c1-22-14-8-7-13(11-15(14)23-2)12-16(20)19-18(17(21)24-3)9-5-4-6-10-18/h7-8,11H,4-6,9-10,12H2,1-3H3,(H,19,20). The molecule has 0 unspecified atom stereocenters. The highest BCUT2D eigenvalue weighted by molar-refractivity contribution is 5.89. The molecule has 132 valence electrons. The lowest BCUT2D eigenvalue weighted by Gasteiger charge is -2.35. The molecule has 1 aliphatic rings. The lowest BCUT2D eigenvalue weighted by atomic mass is 9.81. The third-order valence-corrected chi connectivity index (χ3v) is 4.47. The summed E-state index contributed by atoms with van der Waals surface area (Å²) in [5.41, 5.74) is -0.0957. The SMILES string of the molecule is COC(=O)C1(NC(=O)Cc2ccc(OC)c(OC)c2)CCCCC1. The maximum atomic E-state index is 12.5. The normalized spacial score (nSPS) is 16.1. The van der Waals surface area contributed by atoms with Gasteiger partial charge in [0, 0.05) is 0 Å². The van der Waals surface area contributed by atoms with Gasteiger partial charge in [-0.15, -0.1) is 0 Å². The van der Waals surface area contributed by atoms with Crippen molar-refractivity contribution in [2.75, 3.05) is 21.3 Å². The van der Waals surface area contributed by atoms with E-state index in [2.05, 4.69) is 5.32 Å². The zero-order valence-electron chi connectivity index (χ0n) is 14.5. The van der Waals surface area contributed by atoms with Crippen molar-refractivity contribution in [2.24, 2.45) is 0 Å². The van der Waals surface area contributed by atoms with Crippen LogP contribution in [-0.2, 0) is 20.7 Å². The Hall–Kier alpha value is -2.24. The van der Waals surface area contributed by atoms with Gasteiger partial charge in [-0.25, -0.2) is 4.79 Å². The molecule has 0 spiro atoms. The van der Waals surface area contributed by atoms with Crippen LogP contribution in [0.1, 0.15) is 37.7 Å². The van der Waals surface area contributed by atoms with E-state index >= 15 is 0 Å². The van der Waals surface area contributed by atoms with E-state index in [0.29, 0.717) is 24.3 Å². The largest absolute Gasteiger partial charge is 0.493 e. The Kier molecular flexibility index (Phi) is 6.06. The van der Waals surface area contributed by atoms with Gasteiger partial charge in [-0.05, 0) is 30.5 Å². The highest BCUT2D eigenvalue weighted by Gasteiger charge is 2.41. The molecule has 0 saturated heterocycles. The summed E-state index contributed by atoms with van der Waals surface area (Å²) in [6.07, 6.45) is 4.30. The second kappa shape index (κ2) is 8.04. The van der Waals surface area contributed by atoms with Crippen LogP contribution in [0.4, 0.5) is 0 Å². The monoisotopic (exact) mass is 335 g/mol. The van der Waals surface area contributed by atoms with Crippen molar-refractivity contribution in [1.29, 1.82) is 0 Å². The quantitative estimate of drug-likeness (QED) is 0.807. The molecule has 0 heterocycles. The van der Waals surface area contributed by atoms with E-state index < -0.39 is 5.54 Å². The van der Waals surface area contributed by atoms with Crippen LogP contribution in [0.3, 0.4) is 0 Å². The molecule has 6 nitrogen and oxygen atoms in total. The number of esters is 1. The van der Waals surface area contributed by atoms with Gasteiger partial charge in [0.1, 0.15) is 5.54 Å². The van der Waals surface area contributed by atoms with Gasteiger partial charge < -0.3 is 19.5 Å². The Morgan fingerprint density at radius 2 is 1.71 bits per heavy atom. The molecule has 24 heavy (non-hydrogen) atoms. The number of methoxy groups -OCH3 is 3. The minimum absolute atomic E-state index is 0.166. The van der Waals surface area contributed by atoms with Crippen LogP contribution in [0.25, 0.3) is 0 Å². The van der Waals surface area contributed by atoms with Crippen molar-refractivity contribution in [2.45, 2.75) is 44.1 Å². The van der Waals surface area contributed by atoms with Crippen LogP contribution in [-0.4, -0.2) is 38.7 Å². The number of carbonyl (C=O) groups is 2. The van der Waals surface area contributed by atoms with Crippen LogP contribution in [0.15, 0.2) is 18.2 Å². The van der Waals surface area contributed by atoms with Crippen LogP contribution in [0.5, 0.6) is 11.5 Å². The molecule has 6 heteroatoms. The van der Waals surface area contributed by atoms with E-state index in [0.717, 1.165) is 24.8 Å². The predicted molar refractivity (Wildman–Crippen MR) is 89.2 cm³/mol. The molecule has 2 rings (SSSR count). The molecule has 1 aromatic carbocycles. The van der Waals surface area contributed by atoms with Gasteiger partial charge in [0.25, 0.3) is 0 Å². The molecule has 0 aromatic heterocycles. The second-order valence-corrected chi connectivity index (χ2v) is 6.05. The summed E-state index contributed by atoms with van der Waals surface area (Å²) in [5.74, 6) is 0.625. The van der Waals surface area contributed by atoms with Gasteiger partial charge in [-0.3, -0.25) is 4.79 Å². The molecule has 0 bridgehead atoms. The Morgan fingerprint density at radius 1 is 1.04 bits per heavy atom. The smallest absolute Gasteiger partial charge is 0.331 e. The van der Waals surface area contributed by atoms with Gasteiger partial charge in [0.05, 0.1) is 27.8 Å². The van der Waals surface area contributed by atoms with Gasteiger partial charge in [-0.1, -0.05) is 25.3 Å². The predicted octanol–water partition coefficient (Wildman–Crippen LogP) is 2.24. The minimum atomic E-state index is -0.888. The van der Waals surface area contributed by atoms with E-state index in [1.54, 1.807) is 26.4 Å². The van der Waals surface area contributed by atoms with E-state index in [9.17, 15) is 9.59 Å². The molecule has 0 radical (unpaired) electrons. The fourth-order valence-corrected chi connectivity index (χ4v) is 3.22. The molecule has 1 aromatic rings. The van der Waals surface area contributed by atoms with Gasteiger partial charge in [-0.2, -0.15) is 0 Å². The number of benzene rings is 1. The Bertz CT molecular complexity index is 593. The average molecular weight is 335 g/mol. The van der Waals surface area contributed by atoms with Crippen LogP contribution < -0.4 is 14.8 Å². The van der Waals surface area contributed by atoms with E-state index in [4.69, 9.17) is 14.2 Å². The van der Waals surface area contributed by atoms with Crippen molar-refractivity contribution in [1.82, 2.24) is 5.32 Å². The molecule has 1 saturated carbocycles. The number of hydrogen-bond acceptors (Lipinski definition) is 5. The number of carbonyl (C=O) groups excluding carboxylic acids is 2. The first-order chi connectivity index (χ1) is 11.5. The van der Waals surface area contributed by atoms with Crippen molar-refractivity contribution in [3.05, 3.63) is 23.8 Å². The first-order valence-electron chi connectivity index (χ1n) is 8.15. The molecule has 0 atom stereocenters. The fourth-order valence-electron chi connectivity index (χ4n) is 3.22. The van der Waals surface area contributed by atoms with Gasteiger partial charge in [0.15, 0.2) is 11.5 Å². The first-order valence-corrected chi connectivity index (χ1v) is 8.15. The Morgan fingerprint density at radius 3 is 2.29 bits per heavy atom. The van der Waals surface area contributed by atoms with E-state index in [1.807, 2.05) is 6.07 Å². The highest BCUT2D eigenvalue weighted by Crippen LogP contribution is 2.30. The van der Waals surface area contributed by atoms with Crippen molar-refractivity contribution >= 4 is 11.9 Å². The molecular formula is C18H25NO5. The topological polar surface area (TPSA) is 73.9 Å². The van der Waals surface area contributed by atoms with E-state index in [1.165, 1.54) is 7.11 Å². The third-order valence-electron chi connectivity index (χ3n) is 4.47. The lowest BCUT2D eigenvalue weighted by Crippen LogP contribution is -2.56. The first kappa shape index (κ1) is 18.1. The Balaban J connectivity index is 2.09. The summed E-state index contributed by atoms with van der Waals surface area (Å²) < 4.78 is 15.4. The summed E-state index contributed by atoms with van der Waals surface area (Å²) in [7, 11) is 4.47. The van der Waals surface area contributed by atoms with E-state index in [-0.39, 0.29) is 18.3 Å². The number of hydrogen-bond donors (Lipinski definition) is 1. The van der Waals surface area contributed by atoms with Crippen LogP contribution in [0, 0.1) is 0 Å². The zero-order chi connectivity index (χ0) is 17.6. The number of ether oxygens (including phenoxy) is 3. The maximum absolute atomic E-state index is 12.5. The summed E-state index contributed by atoms with van der Waals surface area (Å²) in [4.78, 5) is 24.7. The summed E-state index contributed by atoms with van der Waals surface area (Å²) in [6.45, 7) is 0. The minimum Gasteiger partial charge on any atom is -0.493 e. The lowest BCUT2D eigenvalue weighted by molar-refractivity contribution is -0.152.